The molecule has 0 aromatic rings. The van der Waals surface area contributed by atoms with E-state index in [1.807, 2.05) is 0 Å². The van der Waals surface area contributed by atoms with Gasteiger partial charge in [-0.1, -0.05) is 0 Å². The molecule has 0 aliphatic heterocycles. The molecule has 0 amide bonds. The summed E-state index contributed by atoms with van der Waals surface area (Å²) in [5, 5.41) is 9.64. The summed E-state index contributed by atoms with van der Waals surface area (Å²) in [6.07, 6.45) is 0.514. The molecule has 1 aliphatic carbocycles. The first-order valence-corrected chi connectivity index (χ1v) is 6.51. The summed E-state index contributed by atoms with van der Waals surface area (Å²) >= 11 is 0. The van der Waals surface area contributed by atoms with E-state index in [4.69, 9.17) is 9.47 Å². The molecule has 20 heavy (non-hydrogen) atoms. The Bertz CT molecular complexity index is 305. The van der Waals surface area contributed by atoms with Crippen molar-refractivity contribution in [3.8, 4) is 0 Å². The number of carbonyl (C=O) groups is 2. The molecule has 0 radical (unpaired) electrons. The number of ether oxygens (including phenoxy) is 4. The Morgan fingerprint density at radius 2 is 1.45 bits per heavy atom. The quantitative estimate of drug-likeness (QED) is 0.443. The maximum atomic E-state index is 10.9. The smallest absolute Gasteiger partial charge is 0.307 e. The van der Waals surface area contributed by atoms with E-state index in [-0.39, 0.29) is 38.0 Å². The van der Waals surface area contributed by atoms with Crippen molar-refractivity contribution in [2.24, 2.45) is 5.41 Å². The van der Waals surface area contributed by atoms with Gasteiger partial charge in [0.15, 0.2) is 0 Å². The lowest BCUT2D eigenvalue weighted by Crippen LogP contribution is -2.23. The number of esters is 2. The van der Waals surface area contributed by atoms with Crippen LogP contribution in [0, 0.1) is 5.41 Å². The largest absolute Gasteiger partial charge is 0.469 e. The summed E-state index contributed by atoms with van der Waals surface area (Å²) in [4.78, 5) is 21.8. The van der Waals surface area contributed by atoms with E-state index in [9.17, 15) is 14.7 Å². The molecule has 0 saturated heterocycles. The van der Waals surface area contributed by atoms with E-state index in [0.29, 0.717) is 19.6 Å². The maximum Gasteiger partial charge on any atom is 0.307 e. The second kappa shape index (κ2) is 8.18. The average molecular weight is 290 g/mol. The fraction of sp³-hybridized carbons (Fsp3) is 0.846. The molecule has 7 nitrogen and oxygen atoms in total. The number of hydrogen-bond acceptors (Lipinski definition) is 7. The van der Waals surface area contributed by atoms with Crippen molar-refractivity contribution in [1.82, 2.24) is 0 Å². The Morgan fingerprint density at radius 1 is 1.05 bits per heavy atom. The van der Waals surface area contributed by atoms with Gasteiger partial charge in [-0.05, 0) is 6.42 Å². The summed E-state index contributed by atoms with van der Waals surface area (Å²) in [6.45, 7) is 1.15. The van der Waals surface area contributed by atoms with Crippen LogP contribution in [0.3, 0.4) is 0 Å². The number of rotatable bonds is 10. The second-order valence-corrected chi connectivity index (χ2v) is 4.84. The van der Waals surface area contributed by atoms with Crippen molar-refractivity contribution in [2.75, 3.05) is 40.6 Å². The van der Waals surface area contributed by atoms with Gasteiger partial charge in [-0.15, -0.1) is 0 Å². The van der Waals surface area contributed by atoms with Crippen LogP contribution in [-0.2, 0) is 28.5 Å². The molecule has 7 heteroatoms. The van der Waals surface area contributed by atoms with Gasteiger partial charge < -0.3 is 24.1 Å². The Labute approximate surface area is 118 Å². The van der Waals surface area contributed by atoms with Crippen LogP contribution in [0.15, 0.2) is 0 Å². The molecule has 1 rings (SSSR count). The van der Waals surface area contributed by atoms with E-state index in [2.05, 4.69) is 9.47 Å². The highest BCUT2D eigenvalue weighted by atomic mass is 16.5. The average Bonchev–Trinajstić information content (AvgIpc) is 3.09. The van der Waals surface area contributed by atoms with Gasteiger partial charge in [0.05, 0.1) is 59.6 Å². The first-order chi connectivity index (χ1) is 9.54. The Hall–Kier alpha value is -1.18. The van der Waals surface area contributed by atoms with Gasteiger partial charge in [-0.3, -0.25) is 9.59 Å². The zero-order valence-electron chi connectivity index (χ0n) is 11.9. The van der Waals surface area contributed by atoms with Gasteiger partial charge in [0.2, 0.25) is 0 Å². The number of hydrogen-bond donors (Lipinski definition) is 1. The molecular weight excluding hydrogens is 268 g/mol. The molecule has 1 N–H and O–H groups in total. The van der Waals surface area contributed by atoms with E-state index in [0.717, 1.165) is 0 Å². The monoisotopic (exact) mass is 290 g/mol. The van der Waals surface area contributed by atoms with E-state index < -0.39 is 11.5 Å². The molecule has 0 aromatic carbocycles. The summed E-state index contributed by atoms with van der Waals surface area (Å²) in [5.74, 6) is -0.658. The van der Waals surface area contributed by atoms with Crippen molar-refractivity contribution in [2.45, 2.75) is 25.4 Å². The minimum atomic E-state index is -0.459. The molecule has 0 spiro atoms. The SMILES string of the molecule is COC(=O)CCOCC1(COCCC(=O)OC)CC1O. The molecule has 0 aromatic heterocycles. The molecule has 1 atom stereocenters. The third-order valence-corrected chi connectivity index (χ3v) is 3.28. The second-order valence-electron chi connectivity index (χ2n) is 4.84. The Morgan fingerprint density at radius 3 is 1.75 bits per heavy atom. The van der Waals surface area contributed by atoms with Crippen molar-refractivity contribution < 1.29 is 33.6 Å². The van der Waals surface area contributed by atoms with E-state index >= 15 is 0 Å². The first kappa shape index (κ1) is 16.9. The van der Waals surface area contributed by atoms with Crippen LogP contribution in [0.5, 0.6) is 0 Å². The number of aliphatic hydroxyl groups excluding tert-OH is 1. The zero-order chi connectivity index (χ0) is 15.0. The fourth-order valence-electron chi connectivity index (χ4n) is 1.74. The standard InChI is InChI=1S/C13H22O7/c1-17-11(15)3-5-19-8-13(7-10(13)14)9-20-6-4-12(16)18-2/h10,14H,3-9H2,1-2H3. The highest BCUT2D eigenvalue weighted by Crippen LogP contribution is 2.46. The maximum absolute atomic E-state index is 10.9. The minimum absolute atomic E-state index is 0.186. The lowest BCUT2D eigenvalue weighted by atomic mass is 10.1. The van der Waals surface area contributed by atoms with Gasteiger partial charge in [0.25, 0.3) is 0 Å². The van der Waals surface area contributed by atoms with Gasteiger partial charge in [-0.25, -0.2) is 0 Å². The highest BCUT2D eigenvalue weighted by molar-refractivity contribution is 5.69. The Balaban J connectivity index is 2.14. The van der Waals surface area contributed by atoms with Gasteiger partial charge >= 0.3 is 11.9 Å². The number of aliphatic hydroxyl groups is 1. The molecule has 0 bridgehead atoms. The molecule has 1 saturated carbocycles. The summed E-state index contributed by atoms with van der Waals surface area (Å²) < 4.78 is 19.7. The van der Waals surface area contributed by atoms with Gasteiger partial charge in [0, 0.05) is 5.41 Å². The van der Waals surface area contributed by atoms with Crippen molar-refractivity contribution >= 4 is 11.9 Å². The van der Waals surface area contributed by atoms with Gasteiger partial charge in [0.1, 0.15) is 0 Å². The summed E-state index contributed by atoms with van der Waals surface area (Å²) in [6, 6.07) is 0. The lowest BCUT2D eigenvalue weighted by Gasteiger charge is -2.16. The van der Waals surface area contributed by atoms with Crippen LogP contribution in [0.2, 0.25) is 0 Å². The van der Waals surface area contributed by atoms with Crippen molar-refractivity contribution in [3.63, 3.8) is 0 Å². The van der Waals surface area contributed by atoms with Crippen LogP contribution in [0.1, 0.15) is 19.3 Å². The van der Waals surface area contributed by atoms with Crippen molar-refractivity contribution in [1.29, 1.82) is 0 Å². The van der Waals surface area contributed by atoms with E-state index in [1.165, 1.54) is 14.2 Å². The predicted molar refractivity (Wildman–Crippen MR) is 68.0 cm³/mol. The van der Waals surface area contributed by atoms with Crippen LogP contribution >= 0.6 is 0 Å². The molecule has 1 aliphatic rings. The van der Waals surface area contributed by atoms with Crippen LogP contribution in [0.4, 0.5) is 0 Å². The Kier molecular flexibility index (Phi) is 6.90. The van der Waals surface area contributed by atoms with E-state index in [1.54, 1.807) is 0 Å². The summed E-state index contributed by atoms with van der Waals surface area (Å²) in [7, 11) is 2.65. The first-order valence-electron chi connectivity index (χ1n) is 6.51. The zero-order valence-corrected chi connectivity index (χ0v) is 11.9. The van der Waals surface area contributed by atoms with Crippen molar-refractivity contribution in [3.05, 3.63) is 0 Å². The fourth-order valence-corrected chi connectivity index (χ4v) is 1.74. The van der Waals surface area contributed by atoms with Crippen LogP contribution < -0.4 is 0 Å². The molecule has 116 valence electrons. The lowest BCUT2D eigenvalue weighted by molar-refractivity contribution is -0.142. The highest BCUT2D eigenvalue weighted by Gasteiger charge is 2.54. The molecule has 0 heterocycles. The topological polar surface area (TPSA) is 91.3 Å². The predicted octanol–water partition coefficient (Wildman–Crippen LogP) is -0.103. The normalized spacial score (nSPS) is 19.4. The van der Waals surface area contributed by atoms with Gasteiger partial charge in [-0.2, -0.15) is 0 Å². The molecular formula is C13H22O7. The third kappa shape index (κ3) is 5.44. The van der Waals surface area contributed by atoms with Crippen LogP contribution in [0.25, 0.3) is 0 Å². The van der Waals surface area contributed by atoms with Crippen LogP contribution in [-0.4, -0.2) is 63.8 Å². The minimum Gasteiger partial charge on any atom is -0.469 e. The number of carbonyl (C=O) groups excluding carboxylic acids is 2. The molecule has 1 fully saturated rings. The third-order valence-electron chi connectivity index (χ3n) is 3.28. The summed E-state index contributed by atoms with van der Waals surface area (Å²) in [5.41, 5.74) is -0.410. The molecule has 1 unspecified atom stereocenters. The number of methoxy groups -OCH3 is 2.